The monoisotopic (exact) mass is 321 g/mol. The highest BCUT2D eigenvalue weighted by molar-refractivity contribution is 7.09. The van der Waals surface area contributed by atoms with Crippen LogP contribution in [0.5, 0.6) is 0 Å². The molecule has 0 bridgehead atoms. The van der Waals surface area contributed by atoms with E-state index in [1.807, 2.05) is 6.92 Å². The van der Waals surface area contributed by atoms with Crippen LogP contribution in [-0.2, 0) is 13.0 Å². The predicted molar refractivity (Wildman–Crippen MR) is 89.0 cm³/mol. The SMILES string of the molecule is CCNC(=NCc1noc(C)n1)NCC(C)Cc1cccs1. The summed E-state index contributed by atoms with van der Waals surface area (Å²) < 4.78 is 4.94. The third kappa shape index (κ3) is 5.48. The van der Waals surface area contributed by atoms with Gasteiger partial charge < -0.3 is 15.2 Å². The molecule has 0 spiro atoms. The van der Waals surface area contributed by atoms with Crippen LogP contribution < -0.4 is 10.6 Å². The van der Waals surface area contributed by atoms with Gasteiger partial charge in [0.2, 0.25) is 5.89 Å². The summed E-state index contributed by atoms with van der Waals surface area (Å²) in [7, 11) is 0. The molecule has 0 fully saturated rings. The van der Waals surface area contributed by atoms with Gasteiger partial charge in [-0.25, -0.2) is 4.99 Å². The molecule has 2 N–H and O–H groups in total. The Hall–Kier alpha value is -1.89. The van der Waals surface area contributed by atoms with Crippen LogP contribution in [0.25, 0.3) is 0 Å². The van der Waals surface area contributed by atoms with Crippen molar-refractivity contribution >= 4 is 17.3 Å². The van der Waals surface area contributed by atoms with Crippen molar-refractivity contribution in [3.63, 3.8) is 0 Å². The van der Waals surface area contributed by atoms with E-state index in [2.05, 4.69) is 50.2 Å². The van der Waals surface area contributed by atoms with Crippen molar-refractivity contribution in [2.24, 2.45) is 10.9 Å². The van der Waals surface area contributed by atoms with Gasteiger partial charge in [0.15, 0.2) is 11.8 Å². The van der Waals surface area contributed by atoms with Crippen LogP contribution in [0.3, 0.4) is 0 Å². The smallest absolute Gasteiger partial charge is 0.223 e. The average Bonchev–Trinajstić information content (AvgIpc) is 3.13. The molecule has 2 aromatic heterocycles. The highest BCUT2D eigenvalue weighted by atomic mass is 32.1. The fraction of sp³-hybridized carbons (Fsp3) is 0.533. The van der Waals surface area contributed by atoms with Crippen molar-refractivity contribution < 1.29 is 4.52 Å². The minimum Gasteiger partial charge on any atom is -0.357 e. The molecule has 120 valence electrons. The van der Waals surface area contributed by atoms with Crippen molar-refractivity contribution in [3.8, 4) is 0 Å². The molecule has 0 aromatic carbocycles. The van der Waals surface area contributed by atoms with E-state index in [0.717, 1.165) is 25.5 Å². The van der Waals surface area contributed by atoms with Crippen molar-refractivity contribution in [1.29, 1.82) is 0 Å². The van der Waals surface area contributed by atoms with Crippen LogP contribution in [0.15, 0.2) is 27.0 Å². The molecule has 0 aliphatic rings. The van der Waals surface area contributed by atoms with Gasteiger partial charge in [-0.3, -0.25) is 0 Å². The number of aliphatic imine (C=N–C) groups is 1. The first kappa shape index (κ1) is 16.5. The van der Waals surface area contributed by atoms with E-state index < -0.39 is 0 Å². The first-order chi connectivity index (χ1) is 10.7. The van der Waals surface area contributed by atoms with Gasteiger partial charge in [-0.2, -0.15) is 4.98 Å². The lowest BCUT2D eigenvalue weighted by atomic mass is 10.1. The summed E-state index contributed by atoms with van der Waals surface area (Å²) in [6.45, 7) is 8.15. The first-order valence-corrected chi connectivity index (χ1v) is 8.39. The van der Waals surface area contributed by atoms with E-state index in [4.69, 9.17) is 4.52 Å². The average molecular weight is 321 g/mol. The fourth-order valence-electron chi connectivity index (χ4n) is 2.01. The van der Waals surface area contributed by atoms with Gasteiger partial charge in [0.25, 0.3) is 0 Å². The lowest BCUT2D eigenvalue weighted by molar-refractivity contribution is 0.387. The topological polar surface area (TPSA) is 75.3 Å². The molecule has 0 saturated carbocycles. The number of aromatic nitrogens is 2. The Morgan fingerprint density at radius 2 is 2.32 bits per heavy atom. The van der Waals surface area contributed by atoms with Gasteiger partial charge in [0.05, 0.1) is 0 Å². The third-order valence-electron chi connectivity index (χ3n) is 3.04. The largest absolute Gasteiger partial charge is 0.357 e. The zero-order valence-electron chi connectivity index (χ0n) is 13.3. The summed E-state index contributed by atoms with van der Waals surface area (Å²) in [5, 5.41) is 12.6. The van der Waals surface area contributed by atoms with E-state index in [1.54, 1.807) is 18.3 Å². The predicted octanol–water partition coefficient (Wildman–Crippen LogP) is 2.37. The van der Waals surface area contributed by atoms with Gasteiger partial charge in [-0.15, -0.1) is 11.3 Å². The number of nitrogens with one attached hydrogen (secondary N) is 2. The molecule has 0 radical (unpaired) electrons. The molecular weight excluding hydrogens is 298 g/mol. The van der Waals surface area contributed by atoms with E-state index in [0.29, 0.717) is 24.2 Å². The number of aryl methyl sites for hydroxylation is 1. The van der Waals surface area contributed by atoms with Crippen LogP contribution in [0.4, 0.5) is 0 Å². The summed E-state index contributed by atoms with van der Waals surface area (Å²) >= 11 is 1.81. The number of nitrogens with zero attached hydrogens (tertiary/aromatic N) is 3. The minimum atomic E-state index is 0.409. The van der Waals surface area contributed by atoms with E-state index in [1.165, 1.54) is 4.88 Å². The highest BCUT2D eigenvalue weighted by Gasteiger charge is 2.07. The number of guanidine groups is 1. The Labute approximate surface area is 135 Å². The molecular formula is C15H23N5OS. The van der Waals surface area contributed by atoms with Crippen molar-refractivity contribution in [2.45, 2.75) is 33.7 Å². The second-order valence-corrected chi connectivity index (χ2v) is 6.23. The van der Waals surface area contributed by atoms with Crippen LogP contribution >= 0.6 is 11.3 Å². The molecule has 1 unspecified atom stereocenters. The summed E-state index contributed by atoms with van der Waals surface area (Å²) in [6.07, 6.45) is 1.08. The summed E-state index contributed by atoms with van der Waals surface area (Å²) in [5.41, 5.74) is 0. The maximum atomic E-state index is 4.94. The Bertz CT molecular complexity index is 579. The van der Waals surface area contributed by atoms with Gasteiger partial charge in [0, 0.05) is 24.9 Å². The molecule has 0 amide bonds. The molecule has 2 aromatic rings. The van der Waals surface area contributed by atoms with Crippen molar-refractivity contribution in [2.75, 3.05) is 13.1 Å². The Morgan fingerprint density at radius 1 is 1.45 bits per heavy atom. The molecule has 6 nitrogen and oxygen atoms in total. The normalized spacial score (nSPS) is 13.1. The van der Waals surface area contributed by atoms with E-state index >= 15 is 0 Å². The minimum absolute atomic E-state index is 0.409. The number of hydrogen-bond donors (Lipinski definition) is 2. The van der Waals surface area contributed by atoms with Gasteiger partial charge in [-0.05, 0) is 30.7 Å². The third-order valence-corrected chi connectivity index (χ3v) is 3.94. The Kier molecular flexibility index (Phi) is 6.39. The molecule has 2 rings (SSSR count). The quantitative estimate of drug-likeness (QED) is 0.605. The maximum absolute atomic E-state index is 4.94. The molecule has 0 aliphatic carbocycles. The lowest BCUT2D eigenvalue weighted by Crippen LogP contribution is -2.39. The highest BCUT2D eigenvalue weighted by Crippen LogP contribution is 2.13. The molecule has 0 saturated heterocycles. The zero-order valence-corrected chi connectivity index (χ0v) is 14.1. The van der Waals surface area contributed by atoms with Crippen LogP contribution in [0.1, 0.15) is 30.4 Å². The van der Waals surface area contributed by atoms with Crippen molar-refractivity contribution in [3.05, 3.63) is 34.1 Å². The lowest BCUT2D eigenvalue weighted by Gasteiger charge is -2.15. The second kappa shape index (κ2) is 8.53. The van der Waals surface area contributed by atoms with Crippen LogP contribution in [-0.4, -0.2) is 29.2 Å². The zero-order chi connectivity index (χ0) is 15.8. The van der Waals surface area contributed by atoms with Gasteiger partial charge in [0.1, 0.15) is 6.54 Å². The summed E-state index contributed by atoms with van der Waals surface area (Å²) in [6, 6.07) is 4.28. The van der Waals surface area contributed by atoms with E-state index in [9.17, 15) is 0 Å². The first-order valence-electron chi connectivity index (χ1n) is 7.51. The van der Waals surface area contributed by atoms with Crippen LogP contribution in [0, 0.1) is 12.8 Å². The Balaban J connectivity index is 1.82. The maximum Gasteiger partial charge on any atom is 0.223 e. The molecule has 2 heterocycles. The Morgan fingerprint density at radius 3 is 2.95 bits per heavy atom. The number of thiophene rings is 1. The standard InChI is InChI=1S/C15H23N5OS/c1-4-16-15(18-10-14-19-12(3)21-20-14)17-9-11(2)8-13-6-5-7-22-13/h5-7,11H,4,8-10H2,1-3H3,(H2,16,17,18). The molecule has 1 atom stereocenters. The summed E-state index contributed by atoms with van der Waals surface area (Å²) in [4.78, 5) is 10.0. The van der Waals surface area contributed by atoms with Crippen LogP contribution in [0.2, 0.25) is 0 Å². The second-order valence-electron chi connectivity index (χ2n) is 5.19. The molecule has 7 heteroatoms. The molecule has 22 heavy (non-hydrogen) atoms. The fourth-order valence-corrected chi connectivity index (χ4v) is 2.88. The number of rotatable bonds is 7. The van der Waals surface area contributed by atoms with Gasteiger partial charge in [-0.1, -0.05) is 18.1 Å². The van der Waals surface area contributed by atoms with Crippen molar-refractivity contribution in [1.82, 2.24) is 20.8 Å². The van der Waals surface area contributed by atoms with Gasteiger partial charge >= 0.3 is 0 Å². The summed E-state index contributed by atoms with van der Waals surface area (Å²) in [5.74, 6) is 2.48. The van der Waals surface area contributed by atoms with E-state index in [-0.39, 0.29) is 0 Å². The molecule has 0 aliphatic heterocycles. The number of hydrogen-bond acceptors (Lipinski definition) is 5.